The number of nitrogens with zero attached hydrogens (tertiary/aromatic N) is 2. The number of methoxy groups -OCH3 is 2. The summed E-state index contributed by atoms with van der Waals surface area (Å²) in [4.78, 5) is 18.6. The molecule has 2 aromatic carbocycles. The summed E-state index contributed by atoms with van der Waals surface area (Å²) in [5, 5.41) is 0. The van der Waals surface area contributed by atoms with E-state index in [1.165, 1.54) is 44.1 Å². The first kappa shape index (κ1) is 25.3. The second kappa shape index (κ2) is 12.3. The SMILES string of the molecule is COc1ccc(C(=O)N(C/C(C)=C/c2ccccc2)C[C@@H]2CCCN2C2CCCCC2)cc1OC. The highest BCUT2D eigenvalue weighted by atomic mass is 16.5. The molecule has 0 radical (unpaired) electrons. The number of carbonyl (C=O) groups excluding carboxylic acids is 1. The Morgan fingerprint density at radius 1 is 0.971 bits per heavy atom. The zero-order chi connectivity index (χ0) is 24.6. The van der Waals surface area contributed by atoms with E-state index < -0.39 is 0 Å². The quantitative estimate of drug-likeness (QED) is 0.442. The molecule has 1 aliphatic heterocycles. The lowest BCUT2D eigenvalue weighted by molar-refractivity contribution is 0.0671. The number of amides is 1. The van der Waals surface area contributed by atoms with Crippen molar-refractivity contribution in [3.05, 3.63) is 65.2 Å². The molecular formula is C30H40N2O3. The number of likely N-dealkylation sites (tertiary alicyclic amines) is 1. The Bertz CT molecular complexity index is 998. The van der Waals surface area contributed by atoms with Crippen molar-refractivity contribution in [2.75, 3.05) is 33.9 Å². The van der Waals surface area contributed by atoms with Gasteiger partial charge in [-0.15, -0.1) is 0 Å². The summed E-state index contributed by atoms with van der Waals surface area (Å²) in [5.41, 5.74) is 2.97. The van der Waals surface area contributed by atoms with E-state index in [1.807, 2.05) is 35.2 Å². The Morgan fingerprint density at radius 2 is 1.71 bits per heavy atom. The van der Waals surface area contributed by atoms with Crippen molar-refractivity contribution < 1.29 is 14.3 Å². The summed E-state index contributed by atoms with van der Waals surface area (Å²) in [6.07, 6.45) is 11.2. The molecular weight excluding hydrogens is 436 g/mol. The lowest BCUT2D eigenvalue weighted by Gasteiger charge is -2.38. The van der Waals surface area contributed by atoms with Gasteiger partial charge in [-0.3, -0.25) is 9.69 Å². The van der Waals surface area contributed by atoms with Crippen molar-refractivity contribution in [3.63, 3.8) is 0 Å². The summed E-state index contributed by atoms with van der Waals surface area (Å²) in [6, 6.07) is 16.9. The molecule has 4 rings (SSSR count). The third kappa shape index (κ3) is 6.46. The van der Waals surface area contributed by atoms with Crippen molar-refractivity contribution in [3.8, 4) is 11.5 Å². The lowest BCUT2D eigenvalue weighted by Crippen LogP contribution is -2.47. The van der Waals surface area contributed by atoms with Crippen molar-refractivity contribution in [1.82, 2.24) is 9.80 Å². The van der Waals surface area contributed by atoms with Gasteiger partial charge in [-0.1, -0.05) is 61.2 Å². The maximum Gasteiger partial charge on any atom is 0.254 e. The predicted octanol–water partition coefficient (Wildman–Crippen LogP) is 6.05. The van der Waals surface area contributed by atoms with Crippen LogP contribution < -0.4 is 9.47 Å². The van der Waals surface area contributed by atoms with Gasteiger partial charge in [0.15, 0.2) is 11.5 Å². The summed E-state index contributed by atoms with van der Waals surface area (Å²) >= 11 is 0. The molecule has 0 N–H and O–H groups in total. The summed E-state index contributed by atoms with van der Waals surface area (Å²) < 4.78 is 10.9. The van der Waals surface area contributed by atoms with Crippen molar-refractivity contribution in [1.29, 1.82) is 0 Å². The van der Waals surface area contributed by atoms with Crippen LogP contribution in [0.25, 0.3) is 6.08 Å². The second-order valence-corrected chi connectivity index (χ2v) is 9.98. The molecule has 2 aliphatic rings. The summed E-state index contributed by atoms with van der Waals surface area (Å²) in [5.74, 6) is 1.26. The fourth-order valence-electron chi connectivity index (χ4n) is 5.75. The molecule has 0 unspecified atom stereocenters. The minimum atomic E-state index is 0.0438. The largest absolute Gasteiger partial charge is 0.493 e. The molecule has 0 aromatic heterocycles. The van der Waals surface area contributed by atoms with E-state index in [0.717, 1.165) is 25.1 Å². The molecule has 35 heavy (non-hydrogen) atoms. The van der Waals surface area contributed by atoms with Crippen LogP contribution in [0.15, 0.2) is 54.1 Å². The number of carbonyl (C=O) groups is 1. The van der Waals surface area contributed by atoms with Gasteiger partial charge in [0.1, 0.15) is 0 Å². The van der Waals surface area contributed by atoms with E-state index in [9.17, 15) is 4.79 Å². The van der Waals surface area contributed by atoms with Gasteiger partial charge in [-0.2, -0.15) is 0 Å². The van der Waals surface area contributed by atoms with Gasteiger partial charge in [0.05, 0.1) is 14.2 Å². The maximum absolute atomic E-state index is 13.9. The first-order valence-corrected chi connectivity index (χ1v) is 13.1. The van der Waals surface area contributed by atoms with Gasteiger partial charge in [0.2, 0.25) is 0 Å². The van der Waals surface area contributed by atoms with Crippen molar-refractivity contribution in [2.24, 2.45) is 0 Å². The first-order valence-electron chi connectivity index (χ1n) is 13.1. The van der Waals surface area contributed by atoms with Gasteiger partial charge in [0, 0.05) is 30.7 Å². The topological polar surface area (TPSA) is 42.0 Å². The standard InChI is InChI=1S/C30H40N2O3/c1-23(19-24-11-6-4-7-12-24)21-31(30(33)25-16-17-28(34-2)29(20-25)35-3)22-27-15-10-18-32(27)26-13-8-5-9-14-26/h4,6-7,11-12,16-17,19-20,26-27H,5,8-10,13-15,18,21-22H2,1-3H3/b23-19+/t27-/m0/s1. The van der Waals surface area contributed by atoms with Crippen LogP contribution in [0.3, 0.4) is 0 Å². The number of rotatable bonds is 9. The highest BCUT2D eigenvalue weighted by Gasteiger charge is 2.33. The number of ether oxygens (including phenoxy) is 2. The normalized spacial score (nSPS) is 19.5. The zero-order valence-corrected chi connectivity index (χ0v) is 21.5. The molecule has 1 heterocycles. The van der Waals surface area contributed by atoms with E-state index in [0.29, 0.717) is 35.7 Å². The average Bonchev–Trinajstić information content (AvgIpc) is 3.36. The molecule has 0 bridgehead atoms. The van der Waals surface area contributed by atoms with Crippen LogP contribution in [0, 0.1) is 0 Å². The van der Waals surface area contributed by atoms with Gasteiger partial charge >= 0.3 is 0 Å². The summed E-state index contributed by atoms with van der Waals surface area (Å²) in [6.45, 7) is 4.64. The average molecular weight is 477 g/mol. The van der Waals surface area contributed by atoms with Gasteiger partial charge in [-0.25, -0.2) is 0 Å². The molecule has 1 saturated heterocycles. The third-order valence-electron chi connectivity index (χ3n) is 7.47. The molecule has 188 valence electrons. The van der Waals surface area contributed by atoms with Crippen LogP contribution in [0.1, 0.15) is 67.8 Å². The van der Waals surface area contributed by atoms with Crippen LogP contribution in [0.2, 0.25) is 0 Å². The van der Waals surface area contributed by atoms with Crippen molar-refractivity contribution in [2.45, 2.75) is 64.0 Å². The van der Waals surface area contributed by atoms with E-state index in [2.05, 4.69) is 30.0 Å². The minimum absolute atomic E-state index is 0.0438. The van der Waals surface area contributed by atoms with E-state index in [-0.39, 0.29) is 5.91 Å². The third-order valence-corrected chi connectivity index (χ3v) is 7.47. The Balaban J connectivity index is 1.57. The van der Waals surface area contributed by atoms with Crippen LogP contribution in [0.4, 0.5) is 0 Å². The Morgan fingerprint density at radius 3 is 2.43 bits per heavy atom. The maximum atomic E-state index is 13.9. The molecule has 0 spiro atoms. The van der Waals surface area contributed by atoms with Crippen LogP contribution >= 0.6 is 0 Å². The molecule has 1 aliphatic carbocycles. The van der Waals surface area contributed by atoms with Crippen LogP contribution in [-0.4, -0.2) is 61.6 Å². The van der Waals surface area contributed by atoms with Crippen molar-refractivity contribution >= 4 is 12.0 Å². The molecule has 2 fully saturated rings. The Kier molecular flexibility index (Phi) is 8.86. The lowest BCUT2D eigenvalue weighted by atomic mass is 9.93. The molecule has 1 saturated carbocycles. The van der Waals surface area contributed by atoms with Gasteiger partial charge < -0.3 is 14.4 Å². The van der Waals surface area contributed by atoms with Crippen LogP contribution in [0.5, 0.6) is 11.5 Å². The molecule has 1 amide bonds. The predicted molar refractivity (Wildman–Crippen MR) is 142 cm³/mol. The number of hydrogen-bond donors (Lipinski definition) is 0. The van der Waals surface area contributed by atoms with E-state index in [4.69, 9.17) is 9.47 Å². The molecule has 5 nitrogen and oxygen atoms in total. The smallest absolute Gasteiger partial charge is 0.254 e. The second-order valence-electron chi connectivity index (χ2n) is 9.98. The first-order chi connectivity index (χ1) is 17.1. The number of benzene rings is 2. The highest BCUT2D eigenvalue weighted by molar-refractivity contribution is 5.95. The van der Waals surface area contributed by atoms with Gasteiger partial charge in [-0.05, 0) is 62.9 Å². The fraction of sp³-hybridized carbons (Fsp3) is 0.500. The molecule has 1 atom stereocenters. The fourth-order valence-corrected chi connectivity index (χ4v) is 5.75. The Labute approximate surface area is 210 Å². The van der Waals surface area contributed by atoms with E-state index >= 15 is 0 Å². The minimum Gasteiger partial charge on any atom is -0.493 e. The highest BCUT2D eigenvalue weighted by Crippen LogP contribution is 2.31. The molecule has 5 heteroatoms. The van der Waals surface area contributed by atoms with Gasteiger partial charge in [0.25, 0.3) is 5.91 Å². The number of hydrogen-bond acceptors (Lipinski definition) is 4. The monoisotopic (exact) mass is 476 g/mol. The van der Waals surface area contributed by atoms with Crippen LogP contribution in [-0.2, 0) is 0 Å². The van der Waals surface area contributed by atoms with E-state index in [1.54, 1.807) is 20.3 Å². The zero-order valence-electron chi connectivity index (χ0n) is 21.5. The summed E-state index contributed by atoms with van der Waals surface area (Å²) in [7, 11) is 3.22. The molecule has 2 aromatic rings. The Hall–Kier alpha value is -2.79.